The quantitative estimate of drug-likeness (QED) is 0.913. The lowest BCUT2D eigenvalue weighted by Gasteiger charge is -2.10. The third-order valence-electron chi connectivity index (χ3n) is 2.87. The van der Waals surface area contributed by atoms with Gasteiger partial charge in [-0.15, -0.1) is 12.4 Å². The number of aromatic nitrogens is 2. The predicted octanol–water partition coefficient (Wildman–Crippen LogP) is 2.34. The van der Waals surface area contributed by atoms with Crippen molar-refractivity contribution in [3.05, 3.63) is 41.5 Å². The van der Waals surface area contributed by atoms with E-state index in [1.54, 1.807) is 19.1 Å². The summed E-state index contributed by atoms with van der Waals surface area (Å²) in [5.41, 5.74) is 7.82. The summed E-state index contributed by atoms with van der Waals surface area (Å²) in [5, 5.41) is 6.78. The van der Waals surface area contributed by atoms with Crippen molar-refractivity contribution in [2.45, 2.75) is 26.8 Å². The van der Waals surface area contributed by atoms with Crippen molar-refractivity contribution in [2.24, 2.45) is 5.73 Å². The summed E-state index contributed by atoms with van der Waals surface area (Å²) in [6.45, 7) is 5.26. The highest BCUT2D eigenvalue weighted by atomic mass is 35.5. The maximum Gasteiger partial charge on any atom is 0.241 e. The molecule has 0 aliphatic rings. The van der Waals surface area contributed by atoms with Crippen LogP contribution in [-0.4, -0.2) is 21.7 Å². The normalized spacial score (nSPS) is 11.7. The Morgan fingerprint density at radius 2 is 2.05 bits per heavy atom. The molecule has 0 aliphatic carbocycles. The van der Waals surface area contributed by atoms with Gasteiger partial charge in [-0.3, -0.25) is 4.79 Å². The zero-order chi connectivity index (χ0) is 14.9. The zero-order valence-electron chi connectivity index (χ0n) is 12.1. The molecule has 1 atom stereocenters. The summed E-state index contributed by atoms with van der Waals surface area (Å²) in [7, 11) is 0. The minimum Gasteiger partial charge on any atom is -0.325 e. The average Bonchev–Trinajstić information content (AvgIpc) is 2.68. The van der Waals surface area contributed by atoms with Crippen LogP contribution in [0.25, 0.3) is 5.69 Å². The maximum absolute atomic E-state index is 14.1. The van der Waals surface area contributed by atoms with Gasteiger partial charge in [0.2, 0.25) is 5.91 Å². The molecule has 0 saturated carbocycles. The second-order valence-electron chi connectivity index (χ2n) is 4.78. The molecule has 3 N–H and O–H groups in total. The Kier molecular flexibility index (Phi) is 5.46. The number of hydrogen-bond donors (Lipinski definition) is 2. The highest BCUT2D eigenvalue weighted by Crippen LogP contribution is 2.20. The summed E-state index contributed by atoms with van der Waals surface area (Å²) < 4.78 is 15.7. The molecule has 2 rings (SSSR count). The van der Waals surface area contributed by atoms with Crippen LogP contribution in [0.3, 0.4) is 0 Å². The summed E-state index contributed by atoms with van der Waals surface area (Å²) >= 11 is 0. The molecule has 1 aromatic heterocycles. The smallest absolute Gasteiger partial charge is 0.241 e. The number of halogens is 2. The number of nitrogens with one attached hydrogen (secondary N) is 1. The number of rotatable bonds is 3. The third-order valence-corrected chi connectivity index (χ3v) is 2.87. The Labute approximate surface area is 128 Å². The average molecular weight is 313 g/mol. The van der Waals surface area contributed by atoms with Crippen molar-refractivity contribution < 1.29 is 9.18 Å². The predicted molar refractivity (Wildman–Crippen MR) is 82.5 cm³/mol. The van der Waals surface area contributed by atoms with Crippen LogP contribution in [0.2, 0.25) is 0 Å². The highest BCUT2D eigenvalue weighted by molar-refractivity contribution is 5.94. The maximum atomic E-state index is 14.1. The van der Waals surface area contributed by atoms with Gasteiger partial charge in [0.1, 0.15) is 5.69 Å². The summed E-state index contributed by atoms with van der Waals surface area (Å²) in [6.07, 6.45) is 0. The number of benzene rings is 1. The molecule has 2 aromatic rings. The van der Waals surface area contributed by atoms with Gasteiger partial charge >= 0.3 is 0 Å². The fraction of sp³-hybridized carbons (Fsp3) is 0.286. The molecule has 5 nitrogen and oxygen atoms in total. The van der Waals surface area contributed by atoms with E-state index in [1.165, 1.54) is 10.7 Å². The van der Waals surface area contributed by atoms with Crippen LogP contribution in [0.1, 0.15) is 18.3 Å². The Balaban J connectivity index is 0.00000220. The molecule has 0 unspecified atom stereocenters. The second kappa shape index (κ2) is 6.69. The first-order chi connectivity index (χ1) is 9.38. The van der Waals surface area contributed by atoms with E-state index in [4.69, 9.17) is 5.73 Å². The Morgan fingerprint density at radius 1 is 1.38 bits per heavy atom. The van der Waals surface area contributed by atoms with Gasteiger partial charge in [-0.05, 0) is 45.0 Å². The standard InChI is InChI=1S/C14H17FN4O.ClH/c1-8-6-9(2)19(18-8)13-5-4-11(7-12(13)15)17-14(20)10(3)16;/h4-7,10H,16H2,1-3H3,(H,17,20);1H/t10-;/m0./s1. The van der Waals surface area contributed by atoms with Crippen LogP contribution in [0.15, 0.2) is 24.3 Å². The Hall–Kier alpha value is -1.92. The van der Waals surface area contributed by atoms with Crippen LogP contribution in [0.4, 0.5) is 10.1 Å². The molecule has 0 bridgehead atoms. The molecule has 21 heavy (non-hydrogen) atoms. The third kappa shape index (κ3) is 3.80. The summed E-state index contributed by atoms with van der Waals surface area (Å²) in [6, 6.07) is 5.67. The fourth-order valence-electron chi connectivity index (χ4n) is 1.89. The van der Waals surface area contributed by atoms with Crippen LogP contribution in [0, 0.1) is 19.7 Å². The molecule has 1 aromatic carbocycles. The van der Waals surface area contributed by atoms with Crippen LogP contribution >= 0.6 is 12.4 Å². The largest absolute Gasteiger partial charge is 0.325 e. The van der Waals surface area contributed by atoms with Gasteiger partial charge in [-0.25, -0.2) is 9.07 Å². The van der Waals surface area contributed by atoms with Gasteiger partial charge in [0.05, 0.1) is 11.7 Å². The molecule has 0 saturated heterocycles. The Bertz CT molecular complexity index is 654. The molecular weight excluding hydrogens is 295 g/mol. The van der Waals surface area contributed by atoms with Gasteiger partial charge in [-0.1, -0.05) is 0 Å². The number of carbonyl (C=O) groups excluding carboxylic acids is 1. The van der Waals surface area contributed by atoms with E-state index in [-0.39, 0.29) is 18.3 Å². The molecule has 0 fully saturated rings. The highest BCUT2D eigenvalue weighted by Gasteiger charge is 2.12. The molecule has 0 spiro atoms. The monoisotopic (exact) mass is 312 g/mol. The van der Waals surface area contributed by atoms with E-state index in [1.807, 2.05) is 19.9 Å². The lowest BCUT2D eigenvalue weighted by molar-refractivity contribution is -0.117. The zero-order valence-corrected chi connectivity index (χ0v) is 12.9. The van der Waals surface area contributed by atoms with Gasteiger partial charge in [0.15, 0.2) is 5.82 Å². The van der Waals surface area contributed by atoms with Crippen molar-refractivity contribution in [2.75, 3.05) is 5.32 Å². The van der Waals surface area contributed by atoms with Crippen LogP contribution in [-0.2, 0) is 4.79 Å². The molecule has 0 radical (unpaired) electrons. The lowest BCUT2D eigenvalue weighted by Crippen LogP contribution is -2.32. The van der Waals surface area contributed by atoms with Crippen molar-refractivity contribution >= 4 is 24.0 Å². The molecule has 114 valence electrons. The number of amides is 1. The van der Waals surface area contributed by atoms with Crippen LogP contribution < -0.4 is 11.1 Å². The van der Waals surface area contributed by atoms with Gasteiger partial charge in [-0.2, -0.15) is 5.10 Å². The number of carbonyl (C=O) groups is 1. The van der Waals surface area contributed by atoms with E-state index < -0.39 is 11.9 Å². The molecular formula is C14H18ClFN4O. The first-order valence-electron chi connectivity index (χ1n) is 6.28. The van der Waals surface area contributed by atoms with Crippen molar-refractivity contribution in [1.82, 2.24) is 9.78 Å². The SMILES string of the molecule is Cc1cc(C)n(-c2ccc(NC(=O)[C@H](C)N)cc2F)n1.Cl. The number of nitrogens with zero attached hydrogens (tertiary/aromatic N) is 2. The first-order valence-corrected chi connectivity index (χ1v) is 6.28. The second-order valence-corrected chi connectivity index (χ2v) is 4.78. The summed E-state index contributed by atoms with van der Waals surface area (Å²) in [5.74, 6) is -0.818. The van der Waals surface area contributed by atoms with E-state index >= 15 is 0 Å². The topological polar surface area (TPSA) is 72.9 Å². The minimum absolute atomic E-state index is 0. The molecule has 0 aliphatic heterocycles. The van der Waals surface area contributed by atoms with Crippen LogP contribution in [0.5, 0.6) is 0 Å². The number of hydrogen-bond acceptors (Lipinski definition) is 3. The molecule has 7 heteroatoms. The minimum atomic E-state index is -0.645. The summed E-state index contributed by atoms with van der Waals surface area (Å²) in [4.78, 5) is 11.5. The number of anilines is 1. The number of aryl methyl sites for hydroxylation is 2. The molecule has 1 amide bonds. The first kappa shape index (κ1) is 17.1. The Morgan fingerprint density at radius 3 is 2.52 bits per heavy atom. The van der Waals surface area contributed by atoms with E-state index in [0.29, 0.717) is 11.4 Å². The van der Waals surface area contributed by atoms with Crippen molar-refractivity contribution in [1.29, 1.82) is 0 Å². The van der Waals surface area contributed by atoms with Crippen molar-refractivity contribution in [3.8, 4) is 5.69 Å². The molecule has 1 heterocycles. The number of nitrogens with two attached hydrogens (primary N) is 1. The van der Waals surface area contributed by atoms with Gasteiger partial charge in [0, 0.05) is 11.4 Å². The van der Waals surface area contributed by atoms with Crippen molar-refractivity contribution in [3.63, 3.8) is 0 Å². The van der Waals surface area contributed by atoms with Gasteiger partial charge in [0.25, 0.3) is 0 Å². The van der Waals surface area contributed by atoms with Gasteiger partial charge < -0.3 is 11.1 Å². The van der Waals surface area contributed by atoms with E-state index in [2.05, 4.69) is 10.4 Å². The fourth-order valence-corrected chi connectivity index (χ4v) is 1.89. The van der Waals surface area contributed by atoms with E-state index in [9.17, 15) is 9.18 Å². The lowest BCUT2D eigenvalue weighted by atomic mass is 10.2. The van der Waals surface area contributed by atoms with E-state index in [0.717, 1.165) is 11.4 Å².